The van der Waals surface area contributed by atoms with Crippen LogP contribution in [-0.2, 0) is 0 Å². The number of likely N-dealkylation sites (tertiary alicyclic amines) is 1. The number of amides is 1. The summed E-state index contributed by atoms with van der Waals surface area (Å²) in [4.78, 5) is 15.0. The number of nitrogens with zero attached hydrogens (tertiary/aromatic N) is 1. The maximum Gasteiger partial charge on any atom is 0.254 e. The highest BCUT2D eigenvalue weighted by Crippen LogP contribution is 2.34. The van der Waals surface area contributed by atoms with E-state index in [9.17, 15) is 4.79 Å². The summed E-state index contributed by atoms with van der Waals surface area (Å²) in [5.74, 6) is 1.30. The fourth-order valence-corrected chi connectivity index (χ4v) is 3.27. The molecule has 24 heavy (non-hydrogen) atoms. The minimum atomic E-state index is 0.0442. The van der Waals surface area contributed by atoms with Crippen molar-refractivity contribution < 1.29 is 14.3 Å². The predicted molar refractivity (Wildman–Crippen MR) is 93.6 cm³/mol. The monoisotopic (exact) mass is 325 g/mol. The summed E-state index contributed by atoms with van der Waals surface area (Å²) in [6.45, 7) is 3.27. The zero-order chi connectivity index (χ0) is 16.9. The van der Waals surface area contributed by atoms with Gasteiger partial charge in [0.25, 0.3) is 5.91 Å². The zero-order valence-corrected chi connectivity index (χ0v) is 14.2. The first-order chi connectivity index (χ1) is 11.7. The highest BCUT2D eigenvalue weighted by atomic mass is 16.5. The summed E-state index contributed by atoms with van der Waals surface area (Å²) in [6.07, 6.45) is 2.03. The van der Waals surface area contributed by atoms with Crippen molar-refractivity contribution in [3.63, 3.8) is 0 Å². The third-order valence-electron chi connectivity index (χ3n) is 4.41. The molecular formula is C20H23NO3. The van der Waals surface area contributed by atoms with E-state index in [1.807, 2.05) is 42.2 Å². The molecule has 0 spiro atoms. The number of carbonyl (C=O) groups excluding carboxylic acids is 1. The van der Waals surface area contributed by atoms with E-state index in [2.05, 4.69) is 12.1 Å². The summed E-state index contributed by atoms with van der Waals surface area (Å²) >= 11 is 0. The minimum absolute atomic E-state index is 0.0442. The molecule has 0 saturated carbocycles. The van der Waals surface area contributed by atoms with E-state index in [4.69, 9.17) is 9.47 Å². The van der Waals surface area contributed by atoms with Crippen molar-refractivity contribution in [3.05, 3.63) is 59.7 Å². The number of hydrogen-bond donors (Lipinski definition) is 0. The summed E-state index contributed by atoms with van der Waals surface area (Å²) in [5, 5.41) is 0. The molecule has 3 rings (SSSR count). The largest absolute Gasteiger partial charge is 0.493 e. The molecular weight excluding hydrogens is 302 g/mol. The third kappa shape index (κ3) is 3.23. The van der Waals surface area contributed by atoms with Crippen LogP contribution in [0.4, 0.5) is 0 Å². The molecule has 1 unspecified atom stereocenters. The number of methoxy groups -OCH3 is 1. The second-order valence-electron chi connectivity index (χ2n) is 5.87. The van der Waals surface area contributed by atoms with E-state index >= 15 is 0 Å². The molecule has 4 heteroatoms. The maximum atomic E-state index is 13.0. The van der Waals surface area contributed by atoms with Crippen LogP contribution in [0.3, 0.4) is 0 Å². The molecule has 0 bridgehead atoms. The van der Waals surface area contributed by atoms with Gasteiger partial charge in [0.2, 0.25) is 0 Å². The molecule has 1 heterocycles. The van der Waals surface area contributed by atoms with Crippen LogP contribution in [0, 0.1) is 0 Å². The molecule has 2 aromatic carbocycles. The van der Waals surface area contributed by atoms with Crippen LogP contribution in [0.15, 0.2) is 48.5 Å². The van der Waals surface area contributed by atoms with Crippen LogP contribution in [-0.4, -0.2) is 31.1 Å². The molecule has 4 nitrogen and oxygen atoms in total. The first-order valence-corrected chi connectivity index (χ1v) is 8.41. The Balaban J connectivity index is 1.85. The average Bonchev–Trinajstić information content (AvgIpc) is 3.12. The molecule has 1 fully saturated rings. The van der Waals surface area contributed by atoms with Crippen molar-refractivity contribution in [3.8, 4) is 11.5 Å². The Morgan fingerprint density at radius 3 is 2.67 bits per heavy atom. The van der Waals surface area contributed by atoms with Gasteiger partial charge < -0.3 is 14.4 Å². The molecule has 1 aliphatic rings. The van der Waals surface area contributed by atoms with Crippen molar-refractivity contribution in [1.29, 1.82) is 0 Å². The van der Waals surface area contributed by atoms with Crippen LogP contribution >= 0.6 is 0 Å². The van der Waals surface area contributed by atoms with Gasteiger partial charge in [0.15, 0.2) is 11.5 Å². The van der Waals surface area contributed by atoms with Crippen LogP contribution < -0.4 is 9.47 Å². The van der Waals surface area contributed by atoms with Crippen molar-refractivity contribution in [1.82, 2.24) is 4.90 Å². The van der Waals surface area contributed by atoms with Crippen LogP contribution in [0.5, 0.6) is 11.5 Å². The van der Waals surface area contributed by atoms with Gasteiger partial charge in [-0.25, -0.2) is 0 Å². The van der Waals surface area contributed by atoms with Gasteiger partial charge in [0.05, 0.1) is 19.8 Å². The van der Waals surface area contributed by atoms with Crippen LogP contribution in [0.2, 0.25) is 0 Å². The fraction of sp³-hybridized carbons (Fsp3) is 0.350. The minimum Gasteiger partial charge on any atom is -0.493 e. The smallest absolute Gasteiger partial charge is 0.254 e. The lowest BCUT2D eigenvalue weighted by Gasteiger charge is -2.25. The quantitative estimate of drug-likeness (QED) is 0.832. The normalized spacial score (nSPS) is 16.9. The second-order valence-corrected chi connectivity index (χ2v) is 5.87. The SMILES string of the molecule is CCOc1ccc(C(=O)N2CCCC2c2ccccc2)cc1OC. The van der Waals surface area contributed by atoms with Gasteiger partial charge in [-0.2, -0.15) is 0 Å². The predicted octanol–water partition coefficient (Wildman–Crippen LogP) is 4.07. The van der Waals surface area contributed by atoms with E-state index < -0.39 is 0 Å². The number of hydrogen-bond acceptors (Lipinski definition) is 3. The Labute approximate surface area is 143 Å². The first kappa shape index (κ1) is 16.4. The lowest BCUT2D eigenvalue weighted by atomic mass is 10.0. The molecule has 126 valence electrons. The highest BCUT2D eigenvalue weighted by Gasteiger charge is 2.30. The topological polar surface area (TPSA) is 38.8 Å². The molecule has 0 N–H and O–H groups in total. The third-order valence-corrected chi connectivity index (χ3v) is 4.41. The van der Waals surface area contributed by atoms with E-state index in [0.29, 0.717) is 23.7 Å². The zero-order valence-electron chi connectivity index (χ0n) is 14.2. The Morgan fingerprint density at radius 1 is 1.17 bits per heavy atom. The number of benzene rings is 2. The number of rotatable bonds is 5. The number of ether oxygens (including phenoxy) is 2. The van der Waals surface area contributed by atoms with Gasteiger partial charge in [-0.05, 0) is 43.5 Å². The molecule has 1 amide bonds. The van der Waals surface area contributed by atoms with Gasteiger partial charge in [-0.3, -0.25) is 4.79 Å². The molecule has 1 aliphatic heterocycles. The lowest BCUT2D eigenvalue weighted by molar-refractivity contribution is 0.0735. The molecule has 0 aromatic heterocycles. The Bertz CT molecular complexity index is 699. The Morgan fingerprint density at radius 2 is 1.96 bits per heavy atom. The standard InChI is InChI=1S/C20H23NO3/c1-3-24-18-12-11-16(14-19(18)23-2)20(22)21-13-7-10-17(21)15-8-5-4-6-9-15/h4-6,8-9,11-12,14,17H,3,7,10,13H2,1-2H3. The Kier molecular flexibility index (Phi) is 5.04. The molecule has 2 aromatic rings. The number of carbonyl (C=O) groups is 1. The van der Waals surface area contributed by atoms with E-state index in [1.165, 1.54) is 5.56 Å². The van der Waals surface area contributed by atoms with Crippen LogP contribution in [0.1, 0.15) is 41.7 Å². The molecule has 0 radical (unpaired) electrons. The summed E-state index contributed by atoms with van der Waals surface area (Å²) in [5.41, 5.74) is 1.83. The summed E-state index contributed by atoms with van der Waals surface area (Å²) in [6, 6.07) is 15.8. The molecule has 1 atom stereocenters. The van der Waals surface area contributed by atoms with E-state index in [-0.39, 0.29) is 11.9 Å². The maximum absolute atomic E-state index is 13.0. The van der Waals surface area contributed by atoms with Crippen molar-refractivity contribution in [2.45, 2.75) is 25.8 Å². The second kappa shape index (κ2) is 7.39. The van der Waals surface area contributed by atoms with Crippen LogP contribution in [0.25, 0.3) is 0 Å². The first-order valence-electron chi connectivity index (χ1n) is 8.41. The van der Waals surface area contributed by atoms with Gasteiger partial charge in [0.1, 0.15) is 0 Å². The van der Waals surface area contributed by atoms with Gasteiger partial charge in [-0.15, -0.1) is 0 Å². The molecule has 0 aliphatic carbocycles. The lowest BCUT2D eigenvalue weighted by Crippen LogP contribution is -2.30. The fourth-order valence-electron chi connectivity index (χ4n) is 3.27. The van der Waals surface area contributed by atoms with E-state index in [1.54, 1.807) is 13.2 Å². The summed E-state index contributed by atoms with van der Waals surface area (Å²) < 4.78 is 10.9. The summed E-state index contributed by atoms with van der Waals surface area (Å²) in [7, 11) is 1.59. The molecule has 1 saturated heterocycles. The Hall–Kier alpha value is -2.49. The van der Waals surface area contributed by atoms with Crippen molar-refractivity contribution in [2.24, 2.45) is 0 Å². The van der Waals surface area contributed by atoms with E-state index in [0.717, 1.165) is 19.4 Å². The van der Waals surface area contributed by atoms with Crippen molar-refractivity contribution >= 4 is 5.91 Å². The van der Waals surface area contributed by atoms with Gasteiger partial charge >= 0.3 is 0 Å². The average molecular weight is 325 g/mol. The van der Waals surface area contributed by atoms with Crippen molar-refractivity contribution in [2.75, 3.05) is 20.3 Å². The van der Waals surface area contributed by atoms with Gasteiger partial charge in [-0.1, -0.05) is 30.3 Å². The highest BCUT2D eigenvalue weighted by molar-refractivity contribution is 5.95. The van der Waals surface area contributed by atoms with Gasteiger partial charge in [0, 0.05) is 12.1 Å².